The first-order chi connectivity index (χ1) is 12.1. The molecule has 1 aromatic carbocycles. The lowest BCUT2D eigenvalue weighted by atomic mass is 9.76. The summed E-state index contributed by atoms with van der Waals surface area (Å²) in [6, 6.07) is 7.82. The lowest BCUT2D eigenvalue weighted by Crippen LogP contribution is -2.43. The molecule has 0 bridgehead atoms. The van der Waals surface area contributed by atoms with Crippen molar-refractivity contribution < 1.29 is 18.7 Å². The summed E-state index contributed by atoms with van der Waals surface area (Å²) in [5.74, 6) is 0.494. The lowest BCUT2D eigenvalue weighted by Gasteiger charge is -2.38. The zero-order chi connectivity index (χ0) is 17.4. The van der Waals surface area contributed by atoms with Crippen molar-refractivity contribution in [1.82, 2.24) is 4.90 Å². The van der Waals surface area contributed by atoms with Crippen molar-refractivity contribution >= 4 is 16.9 Å². The predicted molar refractivity (Wildman–Crippen MR) is 94.8 cm³/mol. The average Bonchev–Trinajstić information content (AvgIpc) is 3.17. The van der Waals surface area contributed by atoms with Crippen molar-refractivity contribution in [2.45, 2.75) is 32.3 Å². The highest BCUT2D eigenvalue weighted by Crippen LogP contribution is 2.42. The van der Waals surface area contributed by atoms with Gasteiger partial charge < -0.3 is 18.8 Å². The fourth-order valence-corrected chi connectivity index (χ4v) is 4.24. The molecule has 1 aromatic heterocycles. The van der Waals surface area contributed by atoms with E-state index in [-0.39, 0.29) is 17.4 Å². The highest BCUT2D eigenvalue weighted by Gasteiger charge is 2.43. The molecule has 0 N–H and O–H groups in total. The van der Waals surface area contributed by atoms with Crippen LogP contribution in [0.25, 0.3) is 11.0 Å². The van der Waals surface area contributed by atoms with Crippen LogP contribution in [-0.4, -0.2) is 50.3 Å². The number of likely N-dealkylation sites (tertiary alicyclic amines) is 1. The fraction of sp³-hybridized carbons (Fsp3) is 0.550. The lowest BCUT2D eigenvalue weighted by molar-refractivity contribution is 0.0277. The van der Waals surface area contributed by atoms with Crippen LogP contribution in [0.1, 0.15) is 35.4 Å². The van der Waals surface area contributed by atoms with Gasteiger partial charge in [0.15, 0.2) is 5.76 Å². The minimum Gasteiger partial charge on any atom is -0.451 e. The highest BCUT2D eigenvalue weighted by molar-refractivity contribution is 5.98. The number of ether oxygens (including phenoxy) is 2. The van der Waals surface area contributed by atoms with E-state index in [2.05, 4.69) is 0 Å². The Balaban J connectivity index is 1.45. The van der Waals surface area contributed by atoms with Crippen LogP contribution >= 0.6 is 0 Å². The number of benzene rings is 1. The van der Waals surface area contributed by atoms with E-state index in [0.29, 0.717) is 12.4 Å². The Kier molecular flexibility index (Phi) is 4.29. The molecule has 4 rings (SSSR count). The quantitative estimate of drug-likeness (QED) is 0.857. The second-order valence-corrected chi connectivity index (χ2v) is 7.44. The number of fused-ring (bicyclic) bond motifs is 1. The molecule has 1 atom stereocenters. The van der Waals surface area contributed by atoms with Crippen LogP contribution in [0.5, 0.6) is 0 Å². The molecule has 0 radical (unpaired) electrons. The topological polar surface area (TPSA) is 51.9 Å². The van der Waals surface area contributed by atoms with E-state index < -0.39 is 0 Å². The van der Waals surface area contributed by atoms with Crippen LogP contribution in [0.15, 0.2) is 28.7 Å². The molecule has 1 amide bonds. The van der Waals surface area contributed by atoms with Gasteiger partial charge >= 0.3 is 0 Å². The maximum absolute atomic E-state index is 12.9. The number of rotatable bonds is 3. The number of hydrogen-bond donors (Lipinski definition) is 0. The second-order valence-electron chi connectivity index (χ2n) is 7.44. The van der Waals surface area contributed by atoms with Crippen LogP contribution in [0, 0.1) is 12.3 Å². The molecule has 134 valence electrons. The van der Waals surface area contributed by atoms with Gasteiger partial charge in [0.25, 0.3) is 5.91 Å². The number of carbonyl (C=O) groups is 1. The molecule has 2 aliphatic heterocycles. The van der Waals surface area contributed by atoms with Crippen molar-refractivity contribution in [1.29, 1.82) is 0 Å². The van der Waals surface area contributed by atoms with E-state index in [9.17, 15) is 4.79 Å². The van der Waals surface area contributed by atoms with Gasteiger partial charge in [-0.3, -0.25) is 4.79 Å². The maximum atomic E-state index is 12.9. The van der Waals surface area contributed by atoms with E-state index in [1.54, 1.807) is 7.11 Å². The second kappa shape index (κ2) is 6.46. The molecule has 3 heterocycles. The van der Waals surface area contributed by atoms with Gasteiger partial charge in [0.05, 0.1) is 19.3 Å². The fourth-order valence-electron chi connectivity index (χ4n) is 4.24. The molecule has 0 aliphatic carbocycles. The number of para-hydroxylation sites is 1. The Labute approximate surface area is 147 Å². The van der Waals surface area contributed by atoms with Crippen molar-refractivity contribution in [3.63, 3.8) is 0 Å². The molecule has 5 heteroatoms. The number of amides is 1. The number of hydrogen-bond acceptors (Lipinski definition) is 4. The van der Waals surface area contributed by atoms with Gasteiger partial charge in [-0.25, -0.2) is 0 Å². The number of carbonyl (C=O) groups excluding carboxylic acids is 1. The Hall–Kier alpha value is -1.85. The Morgan fingerprint density at radius 3 is 2.80 bits per heavy atom. The average molecular weight is 343 g/mol. The van der Waals surface area contributed by atoms with Crippen LogP contribution in [0.2, 0.25) is 0 Å². The molecule has 25 heavy (non-hydrogen) atoms. The summed E-state index contributed by atoms with van der Waals surface area (Å²) in [5, 5.41) is 1.02. The van der Waals surface area contributed by atoms with Gasteiger partial charge in [-0.1, -0.05) is 18.2 Å². The number of aryl methyl sites for hydroxylation is 1. The smallest absolute Gasteiger partial charge is 0.289 e. The third kappa shape index (κ3) is 2.96. The maximum Gasteiger partial charge on any atom is 0.289 e. The molecule has 5 nitrogen and oxygen atoms in total. The molecule has 2 fully saturated rings. The number of methoxy groups -OCH3 is 1. The number of piperidine rings is 1. The highest BCUT2D eigenvalue weighted by atomic mass is 16.5. The molecule has 2 saturated heterocycles. The number of nitrogens with zero attached hydrogens (tertiary/aromatic N) is 1. The van der Waals surface area contributed by atoms with E-state index in [1.165, 1.54) is 0 Å². The molecular weight excluding hydrogens is 318 g/mol. The van der Waals surface area contributed by atoms with Gasteiger partial charge in [0, 0.05) is 31.1 Å². The Morgan fingerprint density at radius 1 is 1.32 bits per heavy atom. The monoisotopic (exact) mass is 343 g/mol. The van der Waals surface area contributed by atoms with E-state index in [0.717, 1.165) is 55.5 Å². The largest absolute Gasteiger partial charge is 0.451 e. The van der Waals surface area contributed by atoms with Gasteiger partial charge in [0.2, 0.25) is 0 Å². The zero-order valence-corrected chi connectivity index (χ0v) is 14.9. The van der Waals surface area contributed by atoms with E-state index in [1.807, 2.05) is 36.1 Å². The minimum atomic E-state index is 0.0101. The van der Waals surface area contributed by atoms with E-state index >= 15 is 0 Å². The summed E-state index contributed by atoms with van der Waals surface area (Å²) in [5.41, 5.74) is 1.93. The van der Waals surface area contributed by atoms with Gasteiger partial charge in [0.1, 0.15) is 5.58 Å². The Bertz CT molecular complexity index is 773. The predicted octanol–water partition coefficient (Wildman–Crippen LogP) is 3.40. The van der Waals surface area contributed by atoms with Gasteiger partial charge in [-0.15, -0.1) is 0 Å². The molecule has 2 aromatic rings. The van der Waals surface area contributed by atoms with Crippen LogP contribution in [-0.2, 0) is 9.47 Å². The molecule has 1 spiro atoms. The molecule has 0 saturated carbocycles. The first-order valence-electron chi connectivity index (χ1n) is 9.00. The minimum absolute atomic E-state index is 0.0101. The first kappa shape index (κ1) is 16.6. The standard InChI is InChI=1S/C20H25NO4/c1-14-16-5-3-4-6-17(16)25-18(14)19(22)21-9-7-20(8-10-21)11-15(12-23-2)24-13-20/h3-6,15H,7-13H2,1-2H3/t15-/m0/s1. The molecule has 2 aliphatic rings. The Morgan fingerprint density at radius 2 is 2.08 bits per heavy atom. The van der Waals surface area contributed by atoms with Crippen LogP contribution < -0.4 is 0 Å². The van der Waals surface area contributed by atoms with Crippen molar-refractivity contribution in [3.8, 4) is 0 Å². The third-order valence-corrected chi connectivity index (χ3v) is 5.79. The molecular formula is C20H25NO4. The summed E-state index contributed by atoms with van der Waals surface area (Å²) in [7, 11) is 1.71. The summed E-state index contributed by atoms with van der Waals surface area (Å²) in [6.07, 6.45) is 3.20. The van der Waals surface area contributed by atoms with Crippen molar-refractivity contribution in [3.05, 3.63) is 35.6 Å². The first-order valence-corrected chi connectivity index (χ1v) is 9.00. The van der Waals surface area contributed by atoms with Gasteiger partial charge in [-0.2, -0.15) is 0 Å². The third-order valence-electron chi connectivity index (χ3n) is 5.79. The number of furan rings is 1. The summed E-state index contributed by atoms with van der Waals surface area (Å²) in [6.45, 7) is 4.93. The summed E-state index contributed by atoms with van der Waals surface area (Å²) < 4.78 is 16.9. The SMILES string of the molecule is COC[C@@H]1CC2(CCN(C(=O)c3oc4ccccc4c3C)CC2)CO1. The molecule has 0 unspecified atom stereocenters. The summed E-state index contributed by atoms with van der Waals surface area (Å²) >= 11 is 0. The van der Waals surface area contributed by atoms with Crippen LogP contribution in [0.4, 0.5) is 0 Å². The normalized spacial score (nSPS) is 22.8. The zero-order valence-electron chi connectivity index (χ0n) is 14.9. The van der Waals surface area contributed by atoms with Crippen LogP contribution in [0.3, 0.4) is 0 Å². The van der Waals surface area contributed by atoms with E-state index in [4.69, 9.17) is 13.9 Å². The van der Waals surface area contributed by atoms with Gasteiger partial charge in [-0.05, 0) is 37.7 Å². The van der Waals surface area contributed by atoms with Crippen molar-refractivity contribution in [2.75, 3.05) is 33.4 Å². The summed E-state index contributed by atoms with van der Waals surface area (Å²) in [4.78, 5) is 14.9. The van der Waals surface area contributed by atoms with Crippen molar-refractivity contribution in [2.24, 2.45) is 5.41 Å².